The first-order valence-corrected chi connectivity index (χ1v) is 11.8. The molecule has 0 radical (unpaired) electrons. The summed E-state index contributed by atoms with van der Waals surface area (Å²) in [7, 11) is 6.68. The van der Waals surface area contributed by atoms with Gasteiger partial charge >= 0.3 is 0 Å². The number of nitrogens with zero attached hydrogens (tertiary/aromatic N) is 9. The van der Waals surface area contributed by atoms with E-state index in [0.29, 0.717) is 28.1 Å². The number of aryl methyl sites for hydroxylation is 4. The van der Waals surface area contributed by atoms with Crippen LogP contribution in [0, 0.1) is 13.8 Å². The summed E-state index contributed by atoms with van der Waals surface area (Å²) in [5.74, 6) is 0.135. The average molecular weight is 501 g/mol. The predicted molar refractivity (Wildman–Crippen MR) is 139 cm³/mol. The van der Waals surface area contributed by atoms with E-state index in [-0.39, 0.29) is 23.2 Å². The van der Waals surface area contributed by atoms with Crippen LogP contribution in [-0.4, -0.2) is 64.0 Å². The molecule has 1 atom stereocenters. The summed E-state index contributed by atoms with van der Waals surface area (Å²) in [6.07, 6.45) is 1.60. The van der Waals surface area contributed by atoms with Crippen LogP contribution in [0.1, 0.15) is 40.3 Å². The molecule has 0 aliphatic rings. The molecule has 1 unspecified atom stereocenters. The van der Waals surface area contributed by atoms with E-state index >= 15 is 0 Å². The van der Waals surface area contributed by atoms with E-state index < -0.39 is 0 Å². The van der Waals surface area contributed by atoms with Gasteiger partial charge in [0.2, 0.25) is 5.82 Å². The van der Waals surface area contributed by atoms with E-state index in [2.05, 4.69) is 30.7 Å². The minimum absolute atomic E-state index is 0.200. The van der Waals surface area contributed by atoms with E-state index in [9.17, 15) is 9.59 Å². The standard InChI is InChI=1S/C25H28N10O2/c1-13-10-16(15(3)28-18-9-8-14(2)27-19(18)22-29-31-34(7)30-22)21-17(11-13)24(36)33(6)23-20(25(37)32(4)5)26-12-35(21)23/h8-12,15,28H,1-7H3. The van der Waals surface area contributed by atoms with Crippen molar-refractivity contribution < 1.29 is 4.79 Å². The topological polar surface area (TPSA) is 128 Å². The Hall–Kier alpha value is -4.61. The van der Waals surface area contributed by atoms with Crippen LogP contribution in [0.15, 0.2) is 35.4 Å². The summed E-state index contributed by atoms with van der Waals surface area (Å²) in [4.78, 5) is 38.2. The van der Waals surface area contributed by atoms with E-state index in [1.54, 1.807) is 34.5 Å². The highest BCUT2D eigenvalue weighted by Gasteiger charge is 2.24. The maximum atomic E-state index is 13.5. The van der Waals surface area contributed by atoms with Gasteiger partial charge < -0.3 is 10.2 Å². The zero-order valence-electron chi connectivity index (χ0n) is 21.8. The van der Waals surface area contributed by atoms with Gasteiger partial charge in [0, 0.05) is 26.8 Å². The number of carbonyl (C=O) groups excluding carboxylic acids is 1. The van der Waals surface area contributed by atoms with Gasteiger partial charge in [0.05, 0.1) is 29.7 Å². The Morgan fingerprint density at radius 2 is 1.89 bits per heavy atom. The molecule has 1 amide bonds. The number of aromatic nitrogens is 8. The number of anilines is 1. The van der Waals surface area contributed by atoms with Crippen molar-refractivity contribution in [3.63, 3.8) is 0 Å². The van der Waals surface area contributed by atoms with Crippen LogP contribution >= 0.6 is 0 Å². The van der Waals surface area contributed by atoms with Gasteiger partial charge in [0.1, 0.15) is 12.0 Å². The van der Waals surface area contributed by atoms with Crippen molar-refractivity contribution in [2.45, 2.75) is 26.8 Å². The molecule has 0 aliphatic carbocycles. The van der Waals surface area contributed by atoms with Gasteiger partial charge in [-0.05, 0) is 55.3 Å². The number of carbonyl (C=O) groups is 1. The van der Waals surface area contributed by atoms with Crippen LogP contribution in [0.3, 0.4) is 0 Å². The number of imidazole rings is 1. The molecule has 0 aliphatic heterocycles. The van der Waals surface area contributed by atoms with Gasteiger partial charge in [0.15, 0.2) is 11.3 Å². The third-order valence-corrected chi connectivity index (χ3v) is 6.32. The minimum Gasteiger partial charge on any atom is -0.377 e. The molecule has 0 saturated heterocycles. The maximum Gasteiger partial charge on any atom is 0.275 e. The van der Waals surface area contributed by atoms with E-state index in [1.807, 2.05) is 49.4 Å². The van der Waals surface area contributed by atoms with Gasteiger partial charge in [-0.2, -0.15) is 4.80 Å². The van der Waals surface area contributed by atoms with Crippen LogP contribution in [-0.2, 0) is 14.1 Å². The van der Waals surface area contributed by atoms with Gasteiger partial charge in [-0.1, -0.05) is 6.07 Å². The number of pyridine rings is 1. The van der Waals surface area contributed by atoms with E-state index in [0.717, 1.165) is 22.5 Å². The lowest BCUT2D eigenvalue weighted by Gasteiger charge is -2.21. The molecule has 4 aromatic heterocycles. The Kier molecular flexibility index (Phi) is 5.73. The Labute approximate surface area is 212 Å². The van der Waals surface area contributed by atoms with Crippen LogP contribution < -0.4 is 10.9 Å². The summed E-state index contributed by atoms with van der Waals surface area (Å²) >= 11 is 0. The lowest BCUT2D eigenvalue weighted by Crippen LogP contribution is -2.26. The van der Waals surface area contributed by atoms with Crippen LogP contribution in [0.2, 0.25) is 0 Å². The molecule has 12 nitrogen and oxygen atoms in total. The molecule has 0 bridgehead atoms. The van der Waals surface area contributed by atoms with Crippen molar-refractivity contribution in [2.24, 2.45) is 14.1 Å². The fraction of sp³-hybridized carbons (Fsp3) is 0.320. The van der Waals surface area contributed by atoms with Gasteiger partial charge in [-0.3, -0.25) is 18.6 Å². The first kappa shape index (κ1) is 24.1. The molecule has 1 N–H and O–H groups in total. The number of amides is 1. The van der Waals surface area contributed by atoms with Gasteiger partial charge in [0.25, 0.3) is 11.5 Å². The summed E-state index contributed by atoms with van der Waals surface area (Å²) in [6, 6.07) is 7.49. The molecular weight excluding hydrogens is 472 g/mol. The highest BCUT2D eigenvalue weighted by atomic mass is 16.2. The number of hydrogen-bond donors (Lipinski definition) is 1. The monoisotopic (exact) mass is 500 g/mol. The number of benzene rings is 1. The number of rotatable bonds is 5. The zero-order valence-corrected chi connectivity index (χ0v) is 21.8. The SMILES string of the molecule is Cc1cc(C(C)Nc2ccc(C)nc2-c2nnn(C)n2)c2c(c1)c(=O)n(C)c1c(C(=O)N(C)C)ncn21. The molecule has 0 saturated carbocycles. The second-order valence-electron chi connectivity index (χ2n) is 9.42. The first-order valence-electron chi connectivity index (χ1n) is 11.8. The molecule has 190 valence electrons. The first-order chi connectivity index (χ1) is 17.6. The van der Waals surface area contributed by atoms with Crippen LogP contribution in [0.5, 0.6) is 0 Å². The Bertz CT molecular complexity index is 1740. The Balaban J connectivity index is 1.71. The lowest BCUT2D eigenvalue weighted by molar-refractivity contribution is 0.0824. The molecule has 0 spiro atoms. The van der Waals surface area contributed by atoms with E-state index in [1.165, 1.54) is 14.3 Å². The fourth-order valence-electron chi connectivity index (χ4n) is 4.57. The van der Waals surface area contributed by atoms with Crippen molar-refractivity contribution in [3.05, 3.63) is 63.5 Å². The molecule has 1 aromatic carbocycles. The highest BCUT2D eigenvalue weighted by Crippen LogP contribution is 2.31. The molecule has 5 aromatic rings. The number of fused-ring (bicyclic) bond motifs is 3. The minimum atomic E-state index is -0.275. The summed E-state index contributed by atoms with van der Waals surface area (Å²) in [5, 5.41) is 16.5. The van der Waals surface area contributed by atoms with Gasteiger partial charge in [-0.15, -0.1) is 10.2 Å². The predicted octanol–water partition coefficient (Wildman–Crippen LogP) is 2.26. The number of tetrazole rings is 1. The van der Waals surface area contributed by atoms with Crippen molar-refractivity contribution in [1.82, 2.24) is 44.0 Å². The summed E-state index contributed by atoms with van der Waals surface area (Å²) in [5.41, 5.74) is 5.10. The van der Waals surface area contributed by atoms with Crippen LogP contribution in [0.25, 0.3) is 28.1 Å². The lowest BCUT2D eigenvalue weighted by atomic mass is 10.0. The fourth-order valence-corrected chi connectivity index (χ4v) is 4.57. The van der Waals surface area contributed by atoms with E-state index in [4.69, 9.17) is 0 Å². The number of hydrogen-bond acceptors (Lipinski definition) is 8. The normalized spacial score (nSPS) is 12.3. The van der Waals surface area contributed by atoms with Crippen molar-refractivity contribution in [2.75, 3.05) is 19.4 Å². The largest absolute Gasteiger partial charge is 0.377 e. The Morgan fingerprint density at radius 1 is 1.14 bits per heavy atom. The molecule has 12 heteroatoms. The maximum absolute atomic E-state index is 13.5. The van der Waals surface area contributed by atoms with Gasteiger partial charge in [-0.25, -0.2) is 9.97 Å². The second-order valence-corrected chi connectivity index (χ2v) is 9.42. The highest BCUT2D eigenvalue weighted by molar-refractivity contribution is 5.99. The zero-order chi connectivity index (χ0) is 26.6. The van der Waals surface area contributed by atoms with Crippen molar-refractivity contribution in [3.8, 4) is 11.5 Å². The molecular formula is C25H28N10O2. The average Bonchev–Trinajstić information content (AvgIpc) is 3.49. The van der Waals surface area contributed by atoms with Crippen molar-refractivity contribution >= 4 is 28.1 Å². The molecule has 37 heavy (non-hydrogen) atoms. The smallest absolute Gasteiger partial charge is 0.275 e. The summed E-state index contributed by atoms with van der Waals surface area (Å²) in [6.45, 7) is 5.87. The molecule has 0 fully saturated rings. The second kappa shape index (κ2) is 8.80. The molecule has 5 rings (SSSR count). The quantitative estimate of drug-likeness (QED) is 0.389. The summed E-state index contributed by atoms with van der Waals surface area (Å²) < 4.78 is 3.30. The van der Waals surface area contributed by atoms with Crippen molar-refractivity contribution in [1.29, 1.82) is 0 Å². The Morgan fingerprint density at radius 3 is 2.57 bits per heavy atom. The molecule has 4 heterocycles. The number of nitrogens with one attached hydrogen (secondary N) is 1. The third-order valence-electron chi connectivity index (χ3n) is 6.32. The third kappa shape index (κ3) is 3.99. The van der Waals surface area contributed by atoms with Crippen LogP contribution in [0.4, 0.5) is 5.69 Å².